The van der Waals surface area contributed by atoms with Gasteiger partial charge >= 0.3 is 29.8 Å². The maximum Gasteiger partial charge on any atom is 0.308 e. The van der Waals surface area contributed by atoms with Crippen LogP contribution < -0.4 is 5.73 Å². The van der Waals surface area contributed by atoms with Crippen LogP contribution in [0.1, 0.15) is 85.0 Å². The van der Waals surface area contributed by atoms with Crippen molar-refractivity contribution in [2.75, 3.05) is 231 Å². The van der Waals surface area contributed by atoms with Gasteiger partial charge in [0, 0.05) is 52.0 Å². The van der Waals surface area contributed by atoms with E-state index in [1.165, 1.54) is 0 Å². The van der Waals surface area contributed by atoms with Gasteiger partial charge in [0.05, 0.1) is 211 Å². The molecule has 508 valence electrons. The zero-order valence-corrected chi connectivity index (χ0v) is 52.2. The first-order valence-corrected chi connectivity index (χ1v) is 29.5. The van der Waals surface area contributed by atoms with E-state index in [2.05, 4.69) is 11.8 Å². The van der Waals surface area contributed by atoms with Crippen molar-refractivity contribution in [2.45, 2.75) is 90.6 Å². The molecule has 0 spiro atoms. The second kappa shape index (κ2) is 72.2. The van der Waals surface area contributed by atoms with Gasteiger partial charge in [0.2, 0.25) is 0 Å². The number of Topliss-reactive ketones (excluding diaryl/α,β-unsaturated/α-hetero) is 1. The van der Waals surface area contributed by atoms with Gasteiger partial charge in [-0.15, -0.1) is 12.8 Å². The molecule has 0 radical (unpaired) electrons. The summed E-state index contributed by atoms with van der Waals surface area (Å²) in [5.41, 5.74) is 4.83. The Labute approximate surface area is 515 Å². The average molecular weight is 1260 g/mol. The topological polar surface area (TPSA) is 344 Å². The largest absolute Gasteiger partial charge is 0.481 e. The molecule has 0 bridgehead atoms. The molecule has 0 aliphatic carbocycles. The van der Waals surface area contributed by atoms with Gasteiger partial charge in [-0.25, -0.2) is 0 Å². The number of hydrogen-bond donors (Lipinski definition) is 3. The first-order valence-electron chi connectivity index (χ1n) is 29.5. The second-order valence-corrected chi connectivity index (χ2v) is 18.5. The first-order chi connectivity index (χ1) is 42.2. The highest BCUT2D eigenvalue weighted by molar-refractivity contribution is 5.78. The Morgan fingerprint density at radius 3 is 0.828 bits per heavy atom. The van der Waals surface area contributed by atoms with Crippen LogP contribution in [0, 0.1) is 24.7 Å². The van der Waals surface area contributed by atoms with Crippen LogP contribution >= 0.6 is 0 Å². The van der Waals surface area contributed by atoms with E-state index >= 15 is 0 Å². The number of carboxylic acids is 2. The zero-order valence-electron chi connectivity index (χ0n) is 52.2. The summed E-state index contributed by atoms with van der Waals surface area (Å²) < 4.78 is 99.4. The van der Waals surface area contributed by atoms with Crippen molar-refractivity contribution in [3.8, 4) is 24.7 Å². The lowest BCUT2D eigenvalue weighted by Crippen LogP contribution is -2.24. The van der Waals surface area contributed by atoms with E-state index in [1.807, 2.05) is 20.8 Å². The molecule has 0 amide bonds. The normalized spacial score (nSPS) is 10.9. The summed E-state index contributed by atoms with van der Waals surface area (Å²) >= 11 is 0. The summed E-state index contributed by atoms with van der Waals surface area (Å²) in [4.78, 5) is 66.1. The monoisotopic (exact) mass is 1260 g/mol. The second-order valence-electron chi connectivity index (χ2n) is 18.5. The van der Waals surface area contributed by atoms with Crippen molar-refractivity contribution in [1.82, 2.24) is 0 Å². The quantitative estimate of drug-likeness (QED) is 0.0341. The number of ether oxygens (including phenoxy) is 19. The fraction of sp³-hybridized carbons (Fsp3) is 0.831. The van der Waals surface area contributed by atoms with Crippen LogP contribution in [0.4, 0.5) is 0 Å². The van der Waals surface area contributed by atoms with E-state index in [0.29, 0.717) is 237 Å². The maximum absolute atomic E-state index is 11.9. The Hall–Kier alpha value is -4.54. The minimum absolute atomic E-state index is 0.00364. The fourth-order valence-corrected chi connectivity index (χ4v) is 5.71. The van der Waals surface area contributed by atoms with Gasteiger partial charge in [-0.05, 0) is 40.0 Å². The number of carbonyl (C=O) groups is 6. The van der Waals surface area contributed by atoms with E-state index in [9.17, 15) is 28.8 Å². The molecular weight excluding hydrogens is 1150 g/mol. The van der Waals surface area contributed by atoms with Crippen molar-refractivity contribution >= 4 is 35.6 Å². The van der Waals surface area contributed by atoms with Crippen LogP contribution in [0.15, 0.2) is 0 Å². The molecule has 4 N–H and O–H groups in total. The lowest BCUT2D eigenvalue weighted by molar-refractivity contribution is -0.156. The van der Waals surface area contributed by atoms with Crippen LogP contribution in [-0.4, -0.2) is 283 Å². The van der Waals surface area contributed by atoms with Gasteiger partial charge in [-0.1, -0.05) is 11.8 Å². The Balaban J connectivity index is -0.00000131. The molecule has 0 aromatic heterocycles. The standard InChI is InChI=1S/C28H48O13.C16H26O8.C15H31NO6/c1-2-9-41-28(32)6-4-11-34-15-19-38-22-24-39-20-16-35-12-7-26(29)5-3-10-33-14-18-37-23-25-40-21-17-36-13-8-27(30)31;1-2-6-24-16(19)4-3-7-20-9-11-22-13-14-23-12-10-21-8-5-15(17)18;1-15(2,3)22-14(17)4-6-18-8-10-20-12-13-21-11-9-19-7-5-16/h1H,3-25H2,(H,30,31);1H,3-14H2,(H,17,18);4-13,16H2,1-3H3. The number of nitrogens with two attached hydrogens (primary N) is 1. The predicted octanol–water partition coefficient (Wildman–Crippen LogP) is 2.52. The molecule has 0 fully saturated rings. The van der Waals surface area contributed by atoms with Crippen LogP contribution in [0.2, 0.25) is 0 Å². The van der Waals surface area contributed by atoms with E-state index < -0.39 is 17.5 Å². The van der Waals surface area contributed by atoms with Crippen molar-refractivity contribution in [3.05, 3.63) is 0 Å². The van der Waals surface area contributed by atoms with E-state index in [4.69, 9.17) is 119 Å². The molecule has 0 aliphatic rings. The minimum Gasteiger partial charge on any atom is -0.481 e. The van der Waals surface area contributed by atoms with Crippen molar-refractivity contribution < 1.29 is 129 Å². The maximum atomic E-state index is 11.9. The first kappa shape index (κ1) is 86.7. The predicted molar refractivity (Wildman–Crippen MR) is 314 cm³/mol. The van der Waals surface area contributed by atoms with E-state index in [1.54, 1.807) is 0 Å². The number of terminal acetylenes is 2. The highest BCUT2D eigenvalue weighted by Gasteiger charge is 2.16. The lowest BCUT2D eigenvalue weighted by atomic mass is 10.2. The molecule has 0 aliphatic heterocycles. The van der Waals surface area contributed by atoms with Crippen LogP contribution in [0.3, 0.4) is 0 Å². The summed E-state index contributed by atoms with van der Waals surface area (Å²) in [6.07, 6.45) is 13.4. The van der Waals surface area contributed by atoms with E-state index in [-0.39, 0.29) is 82.2 Å². The number of esters is 3. The smallest absolute Gasteiger partial charge is 0.308 e. The van der Waals surface area contributed by atoms with Crippen molar-refractivity contribution in [2.24, 2.45) is 5.73 Å². The van der Waals surface area contributed by atoms with Crippen LogP contribution in [0.25, 0.3) is 0 Å². The van der Waals surface area contributed by atoms with Gasteiger partial charge in [0.15, 0.2) is 13.2 Å². The minimum atomic E-state index is -0.885. The molecule has 0 saturated heterocycles. The number of carbonyl (C=O) groups excluding carboxylic acids is 4. The molecule has 0 atom stereocenters. The van der Waals surface area contributed by atoms with Gasteiger partial charge in [0.1, 0.15) is 11.4 Å². The molecular formula is C59H105NO27. The van der Waals surface area contributed by atoms with Gasteiger partial charge < -0.3 is 106 Å². The lowest BCUT2D eigenvalue weighted by Gasteiger charge is -2.19. The Kier molecular flexibility index (Phi) is 71.9. The molecule has 0 rings (SSSR count). The van der Waals surface area contributed by atoms with Gasteiger partial charge in [-0.2, -0.15) is 0 Å². The van der Waals surface area contributed by atoms with Crippen LogP contribution in [-0.2, 0) is 119 Å². The van der Waals surface area contributed by atoms with Crippen molar-refractivity contribution in [1.29, 1.82) is 0 Å². The summed E-state index contributed by atoms with van der Waals surface area (Å²) in [5.74, 6) is 1.93. The van der Waals surface area contributed by atoms with Gasteiger partial charge in [0.25, 0.3) is 0 Å². The molecule has 0 unspecified atom stereocenters. The SMILES string of the molecule is C#CCOC(=O)CCCOCCOCCOCCOCCC(=O)CCCOCCOCCOCCOCCC(=O)O.C#CCOC(=O)CCCOCCOCCOCCOCCC(=O)O.CC(C)(C)OC(=O)CCOCCOCCOCCOCCN. The summed E-state index contributed by atoms with van der Waals surface area (Å²) in [6, 6.07) is 0. The number of rotatable bonds is 64. The number of ketones is 1. The molecule has 87 heavy (non-hydrogen) atoms. The number of aliphatic carboxylic acids is 2. The number of carboxylic acid groups (broad SMARTS) is 2. The van der Waals surface area contributed by atoms with Crippen LogP contribution in [0.5, 0.6) is 0 Å². The number of hydrogen-bond acceptors (Lipinski definition) is 26. The zero-order chi connectivity index (χ0) is 64.6. The third-order valence-electron chi connectivity index (χ3n) is 9.76. The third kappa shape index (κ3) is 85.7. The third-order valence-corrected chi connectivity index (χ3v) is 9.76. The summed E-state index contributed by atoms with van der Waals surface area (Å²) in [7, 11) is 0. The summed E-state index contributed by atoms with van der Waals surface area (Å²) in [6.45, 7) is 19.7. The Morgan fingerprint density at radius 1 is 0.322 bits per heavy atom. The molecule has 0 saturated carbocycles. The highest BCUT2D eigenvalue weighted by atomic mass is 16.6. The van der Waals surface area contributed by atoms with Gasteiger partial charge in [-0.3, -0.25) is 28.8 Å². The average Bonchev–Trinajstić information content (AvgIpc) is 3.48. The molecule has 28 heteroatoms. The fourth-order valence-electron chi connectivity index (χ4n) is 5.71. The Bertz CT molecular complexity index is 1660. The molecule has 0 aromatic rings. The summed E-state index contributed by atoms with van der Waals surface area (Å²) in [5, 5.41) is 16.9. The van der Waals surface area contributed by atoms with E-state index in [0.717, 1.165) is 0 Å². The highest BCUT2D eigenvalue weighted by Crippen LogP contribution is 2.08. The molecule has 28 nitrogen and oxygen atoms in total. The molecule has 0 heterocycles. The Morgan fingerprint density at radius 2 is 0.563 bits per heavy atom. The molecule has 0 aromatic carbocycles. The van der Waals surface area contributed by atoms with Crippen molar-refractivity contribution in [3.63, 3.8) is 0 Å².